The van der Waals surface area contributed by atoms with E-state index in [1.807, 2.05) is 18.2 Å². The van der Waals surface area contributed by atoms with Gasteiger partial charge in [-0.2, -0.15) is 0 Å². The molecule has 4 heteroatoms. The number of nitrogens with zero attached hydrogens (tertiary/aromatic N) is 1. The van der Waals surface area contributed by atoms with Crippen molar-refractivity contribution in [2.24, 2.45) is 0 Å². The second kappa shape index (κ2) is 7.40. The van der Waals surface area contributed by atoms with Crippen LogP contribution in [0.25, 0.3) is 0 Å². The molecule has 1 aliphatic rings. The minimum atomic E-state index is -0.868. The molecule has 0 aliphatic carbocycles. The third-order valence-corrected chi connectivity index (χ3v) is 4.35. The Morgan fingerprint density at radius 1 is 1.13 bits per heavy atom. The zero-order valence-electron chi connectivity index (χ0n) is 13.1. The fraction of sp³-hybridized carbons (Fsp3) is 0.316. The molecule has 2 N–H and O–H groups in total. The maximum absolute atomic E-state index is 11.1. The number of aromatic carboxylic acids is 1. The second-order valence-corrected chi connectivity index (χ2v) is 6.02. The van der Waals surface area contributed by atoms with E-state index < -0.39 is 5.97 Å². The average molecular weight is 310 g/mol. The fourth-order valence-corrected chi connectivity index (χ4v) is 3.14. The van der Waals surface area contributed by atoms with Gasteiger partial charge in [0.2, 0.25) is 0 Å². The summed E-state index contributed by atoms with van der Waals surface area (Å²) in [6.45, 7) is 3.71. The molecule has 0 amide bonds. The van der Waals surface area contributed by atoms with Crippen LogP contribution in [0.1, 0.15) is 21.5 Å². The van der Waals surface area contributed by atoms with Crippen molar-refractivity contribution in [3.63, 3.8) is 0 Å². The van der Waals surface area contributed by atoms with Crippen LogP contribution in [-0.4, -0.2) is 41.7 Å². The summed E-state index contributed by atoms with van der Waals surface area (Å²) in [5.41, 5.74) is 2.76. The number of piperazine rings is 1. The first kappa shape index (κ1) is 15.7. The largest absolute Gasteiger partial charge is 0.478 e. The van der Waals surface area contributed by atoms with E-state index in [0.29, 0.717) is 11.6 Å². The van der Waals surface area contributed by atoms with Gasteiger partial charge in [0, 0.05) is 32.2 Å². The Morgan fingerprint density at radius 2 is 1.91 bits per heavy atom. The fourth-order valence-electron chi connectivity index (χ4n) is 3.14. The van der Waals surface area contributed by atoms with Crippen molar-refractivity contribution in [2.45, 2.75) is 19.0 Å². The molecule has 1 saturated heterocycles. The molecule has 120 valence electrons. The van der Waals surface area contributed by atoms with E-state index in [-0.39, 0.29) is 0 Å². The van der Waals surface area contributed by atoms with Gasteiger partial charge in [-0.1, -0.05) is 42.5 Å². The highest BCUT2D eigenvalue weighted by Crippen LogP contribution is 2.15. The molecule has 2 aromatic rings. The van der Waals surface area contributed by atoms with Crippen LogP contribution in [0.2, 0.25) is 0 Å². The van der Waals surface area contributed by atoms with Crippen LogP contribution in [0.3, 0.4) is 0 Å². The molecule has 1 aliphatic heterocycles. The van der Waals surface area contributed by atoms with Crippen LogP contribution in [-0.2, 0) is 13.0 Å². The van der Waals surface area contributed by atoms with Crippen LogP contribution < -0.4 is 5.32 Å². The number of benzene rings is 2. The topological polar surface area (TPSA) is 52.6 Å². The number of rotatable bonds is 5. The first-order valence-corrected chi connectivity index (χ1v) is 8.03. The summed E-state index contributed by atoms with van der Waals surface area (Å²) in [4.78, 5) is 13.6. The lowest BCUT2D eigenvalue weighted by molar-refractivity contribution is 0.0696. The van der Waals surface area contributed by atoms with Crippen molar-refractivity contribution in [1.29, 1.82) is 0 Å². The minimum Gasteiger partial charge on any atom is -0.478 e. The highest BCUT2D eigenvalue weighted by molar-refractivity contribution is 5.87. The predicted octanol–water partition coefficient (Wildman–Crippen LogP) is 2.40. The first-order valence-electron chi connectivity index (χ1n) is 8.03. The molecule has 0 bridgehead atoms. The van der Waals surface area contributed by atoms with Gasteiger partial charge in [-0.05, 0) is 29.7 Å². The molecule has 1 heterocycles. The lowest BCUT2D eigenvalue weighted by Gasteiger charge is -2.36. The smallest absolute Gasteiger partial charge is 0.335 e. The van der Waals surface area contributed by atoms with Gasteiger partial charge in [-0.25, -0.2) is 4.79 Å². The number of carboxylic acid groups (broad SMARTS) is 1. The van der Waals surface area contributed by atoms with E-state index in [1.54, 1.807) is 12.1 Å². The maximum Gasteiger partial charge on any atom is 0.335 e. The molecule has 23 heavy (non-hydrogen) atoms. The standard InChI is InChI=1S/C19H22N2O2/c22-19(23)17-8-4-7-16(11-17)14-21-10-9-20-13-18(21)12-15-5-2-1-3-6-15/h1-8,11,18,20H,9-10,12-14H2,(H,22,23)/t18-/m1/s1. The van der Waals surface area contributed by atoms with Gasteiger partial charge >= 0.3 is 5.97 Å². The monoisotopic (exact) mass is 310 g/mol. The molecule has 3 rings (SSSR count). The highest BCUT2D eigenvalue weighted by atomic mass is 16.4. The second-order valence-electron chi connectivity index (χ2n) is 6.02. The maximum atomic E-state index is 11.1. The van der Waals surface area contributed by atoms with Crippen molar-refractivity contribution in [1.82, 2.24) is 10.2 Å². The Labute approximate surface area is 136 Å². The van der Waals surface area contributed by atoms with E-state index >= 15 is 0 Å². The molecule has 2 aromatic carbocycles. The normalized spacial score (nSPS) is 18.7. The Kier molecular flexibility index (Phi) is 5.05. The summed E-state index contributed by atoms with van der Waals surface area (Å²) in [7, 11) is 0. The van der Waals surface area contributed by atoms with E-state index in [2.05, 4.69) is 34.5 Å². The molecule has 4 nitrogen and oxygen atoms in total. The van der Waals surface area contributed by atoms with Crippen LogP contribution >= 0.6 is 0 Å². The van der Waals surface area contributed by atoms with Gasteiger partial charge < -0.3 is 10.4 Å². The van der Waals surface area contributed by atoms with Crippen molar-refractivity contribution in [3.8, 4) is 0 Å². The first-order chi connectivity index (χ1) is 11.2. The third kappa shape index (κ3) is 4.18. The zero-order valence-corrected chi connectivity index (χ0v) is 13.1. The summed E-state index contributed by atoms with van der Waals surface area (Å²) in [5, 5.41) is 12.6. The highest BCUT2D eigenvalue weighted by Gasteiger charge is 2.22. The molecular weight excluding hydrogens is 288 g/mol. The summed E-state index contributed by atoms with van der Waals surface area (Å²) in [5.74, 6) is -0.868. The van der Waals surface area contributed by atoms with Gasteiger partial charge in [-0.15, -0.1) is 0 Å². The molecule has 0 spiro atoms. The van der Waals surface area contributed by atoms with Crippen LogP contribution in [0, 0.1) is 0 Å². The van der Waals surface area contributed by atoms with Crippen molar-refractivity contribution < 1.29 is 9.90 Å². The van der Waals surface area contributed by atoms with Gasteiger partial charge in [0.05, 0.1) is 5.56 Å². The molecule has 0 radical (unpaired) electrons. The quantitative estimate of drug-likeness (QED) is 0.890. The summed E-state index contributed by atoms with van der Waals surface area (Å²) in [6.07, 6.45) is 1.01. The van der Waals surface area contributed by atoms with Crippen molar-refractivity contribution in [2.75, 3.05) is 19.6 Å². The van der Waals surface area contributed by atoms with Gasteiger partial charge in [0.15, 0.2) is 0 Å². The molecule has 0 aromatic heterocycles. The zero-order chi connectivity index (χ0) is 16.1. The number of carbonyl (C=O) groups is 1. The molecule has 1 atom stereocenters. The van der Waals surface area contributed by atoms with E-state index in [1.165, 1.54) is 5.56 Å². The minimum absolute atomic E-state index is 0.359. The lowest BCUT2D eigenvalue weighted by atomic mass is 10.0. The van der Waals surface area contributed by atoms with Crippen molar-refractivity contribution >= 4 is 5.97 Å². The SMILES string of the molecule is O=C(O)c1cccc(CN2CCNC[C@H]2Cc2ccccc2)c1. The predicted molar refractivity (Wildman–Crippen MR) is 90.6 cm³/mol. The molecule has 0 unspecified atom stereocenters. The Bertz CT molecular complexity index is 657. The van der Waals surface area contributed by atoms with Gasteiger partial charge in [0.1, 0.15) is 0 Å². The Hall–Kier alpha value is -2.17. The van der Waals surface area contributed by atoms with Crippen LogP contribution in [0.15, 0.2) is 54.6 Å². The summed E-state index contributed by atoms with van der Waals surface area (Å²) >= 11 is 0. The summed E-state index contributed by atoms with van der Waals surface area (Å²) < 4.78 is 0. The number of hydrogen-bond acceptors (Lipinski definition) is 3. The molecular formula is C19H22N2O2. The van der Waals surface area contributed by atoms with E-state index in [4.69, 9.17) is 5.11 Å². The van der Waals surface area contributed by atoms with Gasteiger partial charge in [-0.3, -0.25) is 4.90 Å². The van der Waals surface area contributed by atoms with Crippen molar-refractivity contribution in [3.05, 3.63) is 71.3 Å². The van der Waals surface area contributed by atoms with Crippen LogP contribution in [0.5, 0.6) is 0 Å². The lowest BCUT2D eigenvalue weighted by Crippen LogP contribution is -2.51. The Balaban J connectivity index is 1.71. The Morgan fingerprint density at radius 3 is 2.70 bits per heavy atom. The van der Waals surface area contributed by atoms with E-state index in [0.717, 1.165) is 38.2 Å². The average Bonchev–Trinajstić information content (AvgIpc) is 2.58. The van der Waals surface area contributed by atoms with Gasteiger partial charge in [0.25, 0.3) is 0 Å². The third-order valence-electron chi connectivity index (χ3n) is 4.35. The number of carboxylic acids is 1. The summed E-state index contributed by atoms with van der Waals surface area (Å²) in [6, 6.07) is 18.2. The number of nitrogens with one attached hydrogen (secondary N) is 1. The molecule has 1 fully saturated rings. The molecule has 0 saturated carbocycles. The van der Waals surface area contributed by atoms with E-state index in [9.17, 15) is 4.79 Å². The van der Waals surface area contributed by atoms with Crippen LogP contribution in [0.4, 0.5) is 0 Å². The number of hydrogen-bond donors (Lipinski definition) is 2.